The van der Waals surface area contributed by atoms with Crippen molar-refractivity contribution in [1.29, 1.82) is 5.41 Å². The van der Waals surface area contributed by atoms with Gasteiger partial charge in [-0.05, 0) is 6.92 Å². The van der Waals surface area contributed by atoms with Gasteiger partial charge in [0.15, 0.2) is 0 Å². The van der Waals surface area contributed by atoms with E-state index in [4.69, 9.17) is 5.41 Å². The lowest BCUT2D eigenvalue weighted by molar-refractivity contribution is -0.119. The van der Waals surface area contributed by atoms with E-state index in [1.54, 1.807) is 6.92 Å². The van der Waals surface area contributed by atoms with Crippen LogP contribution in [0, 0.1) is 11.3 Å². The summed E-state index contributed by atoms with van der Waals surface area (Å²) in [4.78, 5) is 10.6. The Kier molecular flexibility index (Phi) is 1.51. The van der Waals surface area contributed by atoms with Gasteiger partial charge in [0, 0.05) is 24.6 Å². The Morgan fingerprint density at radius 1 is 1.89 bits per heavy atom. The van der Waals surface area contributed by atoms with E-state index in [0.717, 1.165) is 0 Å². The molecule has 0 aromatic rings. The van der Waals surface area contributed by atoms with Crippen LogP contribution in [-0.4, -0.2) is 18.2 Å². The molecule has 1 amide bonds. The summed E-state index contributed by atoms with van der Waals surface area (Å²) < 4.78 is 0. The molecule has 9 heavy (non-hydrogen) atoms. The van der Waals surface area contributed by atoms with Crippen molar-refractivity contribution in [1.82, 2.24) is 5.32 Å². The summed E-state index contributed by atoms with van der Waals surface area (Å²) in [7, 11) is 0. The molecular weight excluding hydrogens is 116 g/mol. The Balaban J connectivity index is 2.48. The molecule has 0 aromatic heterocycles. The molecule has 1 heterocycles. The quantitative estimate of drug-likeness (QED) is 0.483. The second-order valence-electron chi connectivity index (χ2n) is 2.39. The third kappa shape index (κ3) is 1.28. The van der Waals surface area contributed by atoms with Crippen LogP contribution in [-0.2, 0) is 4.79 Å². The molecule has 0 aromatic carbocycles. The Bertz CT molecular complexity index is 153. The van der Waals surface area contributed by atoms with E-state index >= 15 is 0 Å². The zero-order chi connectivity index (χ0) is 6.85. The minimum Gasteiger partial charge on any atom is -0.355 e. The minimum atomic E-state index is 0.0756. The van der Waals surface area contributed by atoms with Crippen molar-refractivity contribution in [2.75, 3.05) is 6.54 Å². The van der Waals surface area contributed by atoms with Crippen LogP contribution in [0.1, 0.15) is 13.3 Å². The van der Waals surface area contributed by atoms with E-state index in [0.29, 0.717) is 18.7 Å². The normalized spacial score (nSPS) is 25.9. The third-order valence-electron chi connectivity index (χ3n) is 1.59. The van der Waals surface area contributed by atoms with E-state index in [1.165, 1.54) is 0 Å². The lowest BCUT2D eigenvalue weighted by Gasteiger charge is -2.00. The molecule has 1 fully saturated rings. The first-order valence-corrected chi connectivity index (χ1v) is 3.02. The SMILES string of the molecule is CC(=N)[C@H]1CNC(=O)C1. The van der Waals surface area contributed by atoms with Crippen LogP contribution in [0.25, 0.3) is 0 Å². The molecule has 50 valence electrons. The lowest BCUT2D eigenvalue weighted by atomic mass is 10.0. The van der Waals surface area contributed by atoms with Crippen LogP contribution in [0.2, 0.25) is 0 Å². The monoisotopic (exact) mass is 126 g/mol. The highest BCUT2D eigenvalue weighted by Crippen LogP contribution is 2.08. The maximum absolute atomic E-state index is 10.6. The Hall–Kier alpha value is -0.860. The molecule has 1 aliphatic rings. The van der Waals surface area contributed by atoms with Gasteiger partial charge in [-0.3, -0.25) is 4.79 Å². The summed E-state index contributed by atoms with van der Waals surface area (Å²) in [5.41, 5.74) is 0.605. The topological polar surface area (TPSA) is 53.0 Å². The van der Waals surface area contributed by atoms with E-state index < -0.39 is 0 Å². The van der Waals surface area contributed by atoms with E-state index in [9.17, 15) is 4.79 Å². The van der Waals surface area contributed by atoms with Gasteiger partial charge in [0.2, 0.25) is 5.91 Å². The van der Waals surface area contributed by atoms with Gasteiger partial charge >= 0.3 is 0 Å². The molecule has 0 saturated carbocycles. The first-order valence-electron chi connectivity index (χ1n) is 3.02. The first-order chi connectivity index (χ1) is 4.20. The Morgan fingerprint density at radius 3 is 2.78 bits per heavy atom. The molecular formula is C6H10N2O. The Labute approximate surface area is 54.0 Å². The van der Waals surface area contributed by atoms with Crippen molar-refractivity contribution in [3.8, 4) is 0 Å². The van der Waals surface area contributed by atoms with Gasteiger partial charge < -0.3 is 10.7 Å². The number of amides is 1. The summed E-state index contributed by atoms with van der Waals surface area (Å²) >= 11 is 0. The number of hydrogen-bond donors (Lipinski definition) is 2. The number of carbonyl (C=O) groups is 1. The molecule has 3 heteroatoms. The smallest absolute Gasteiger partial charge is 0.220 e. The molecule has 1 aliphatic heterocycles. The molecule has 0 bridgehead atoms. The molecule has 0 radical (unpaired) electrons. The van der Waals surface area contributed by atoms with Crippen molar-refractivity contribution in [3.63, 3.8) is 0 Å². The molecule has 1 saturated heterocycles. The molecule has 3 nitrogen and oxygen atoms in total. The third-order valence-corrected chi connectivity index (χ3v) is 1.59. The predicted molar refractivity (Wildman–Crippen MR) is 34.5 cm³/mol. The zero-order valence-electron chi connectivity index (χ0n) is 5.40. The zero-order valence-corrected chi connectivity index (χ0v) is 5.40. The van der Waals surface area contributed by atoms with Gasteiger partial charge in [0.25, 0.3) is 0 Å². The van der Waals surface area contributed by atoms with Gasteiger partial charge in [-0.1, -0.05) is 0 Å². The van der Waals surface area contributed by atoms with Gasteiger partial charge in [0.05, 0.1) is 0 Å². The highest BCUT2D eigenvalue weighted by Gasteiger charge is 2.22. The average molecular weight is 126 g/mol. The van der Waals surface area contributed by atoms with Crippen LogP contribution in [0.15, 0.2) is 0 Å². The van der Waals surface area contributed by atoms with Crippen molar-refractivity contribution in [2.24, 2.45) is 5.92 Å². The van der Waals surface area contributed by atoms with Crippen LogP contribution in [0.3, 0.4) is 0 Å². The summed E-state index contributed by atoms with van der Waals surface area (Å²) in [6, 6.07) is 0. The van der Waals surface area contributed by atoms with Crippen LogP contribution >= 0.6 is 0 Å². The number of hydrogen-bond acceptors (Lipinski definition) is 2. The second kappa shape index (κ2) is 2.17. The number of carbonyl (C=O) groups excluding carboxylic acids is 1. The van der Waals surface area contributed by atoms with Crippen molar-refractivity contribution in [3.05, 3.63) is 0 Å². The van der Waals surface area contributed by atoms with Crippen molar-refractivity contribution < 1.29 is 4.79 Å². The summed E-state index contributed by atoms with van der Waals surface area (Å²) in [5.74, 6) is 0.240. The molecule has 0 unspecified atom stereocenters. The fourth-order valence-electron chi connectivity index (χ4n) is 0.911. The van der Waals surface area contributed by atoms with Gasteiger partial charge in [-0.15, -0.1) is 0 Å². The summed E-state index contributed by atoms with van der Waals surface area (Å²) in [6.07, 6.45) is 0.509. The predicted octanol–water partition coefficient (Wildman–Crippen LogP) is 0.162. The molecule has 0 spiro atoms. The van der Waals surface area contributed by atoms with Crippen molar-refractivity contribution >= 4 is 11.6 Å². The fourth-order valence-corrected chi connectivity index (χ4v) is 0.911. The van der Waals surface area contributed by atoms with Gasteiger partial charge in [-0.25, -0.2) is 0 Å². The second-order valence-corrected chi connectivity index (χ2v) is 2.39. The van der Waals surface area contributed by atoms with Crippen molar-refractivity contribution in [2.45, 2.75) is 13.3 Å². The first kappa shape index (κ1) is 6.26. The molecule has 1 atom stereocenters. The maximum Gasteiger partial charge on any atom is 0.220 e. The van der Waals surface area contributed by atoms with Crippen LogP contribution < -0.4 is 5.32 Å². The molecule has 2 N–H and O–H groups in total. The van der Waals surface area contributed by atoms with E-state index in [1.807, 2.05) is 0 Å². The average Bonchev–Trinajstić information content (AvgIpc) is 2.14. The fraction of sp³-hybridized carbons (Fsp3) is 0.667. The highest BCUT2D eigenvalue weighted by molar-refractivity contribution is 5.90. The minimum absolute atomic E-state index is 0.0756. The summed E-state index contributed by atoms with van der Waals surface area (Å²) in [5, 5.41) is 9.86. The Morgan fingerprint density at radius 2 is 2.56 bits per heavy atom. The molecule has 0 aliphatic carbocycles. The van der Waals surface area contributed by atoms with E-state index in [-0.39, 0.29) is 11.8 Å². The number of nitrogens with one attached hydrogen (secondary N) is 2. The van der Waals surface area contributed by atoms with Gasteiger partial charge in [0.1, 0.15) is 0 Å². The van der Waals surface area contributed by atoms with E-state index in [2.05, 4.69) is 5.32 Å². The largest absolute Gasteiger partial charge is 0.355 e. The lowest BCUT2D eigenvalue weighted by Crippen LogP contribution is -2.15. The maximum atomic E-state index is 10.6. The van der Waals surface area contributed by atoms with Gasteiger partial charge in [-0.2, -0.15) is 0 Å². The highest BCUT2D eigenvalue weighted by atomic mass is 16.1. The van der Waals surface area contributed by atoms with Crippen LogP contribution in [0.4, 0.5) is 0 Å². The number of rotatable bonds is 1. The summed E-state index contributed by atoms with van der Waals surface area (Å²) in [6.45, 7) is 2.40. The molecule has 1 rings (SSSR count). The standard InChI is InChI=1S/C6H10N2O/c1-4(7)5-2-6(9)8-3-5/h5,7H,2-3H2,1H3,(H,8,9)/t5-/m1/s1. The van der Waals surface area contributed by atoms with Crippen LogP contribution in [0.5, 0.6) is 0 Å².